The number of aromatic nitrogens is 4. The van der Waals surface area contributed by atoms with Crippen LogP contribution in [0.2, 0.25) is 0 Å². The van der Waals surface area contributed by atoms with Crippen LogP contribution >= 0.6 is 0 Å². The van der Waals surface area contributed by atoms with Crippen LogP contribution in [-0.4, -0.2) is 19.7 Å². The maximum Gasteiger partial charge on any atom is 0.141 e. The fraction of sp³-hybridized carbons (Fsp3) is 0.458. The molecule has 4 aromatic rings. The lowest BCUT2D eigenvalue weighted by Crippen LogP contribution is -2.09. The molecule has 0 radical (unpaired) electrons. The van der Waals surface area contributed by atoms with Gasteiger partial charge in [-0.25, -0.2) is 0 Å². The molecule has 0 aliphatic heterocycles. The summed E-state index contributed by atoms with van der Waals surface area (Å²) >= 11 is 0. The quantitative estimate of drug-likeness (QED) is 0.358. The largest absolute Gasteiger partial charge is 0.361 e. The maximum atomic E-state index is 5.41. The Kier molecular flexibility index (Phi) is 5.39. The molecule has 0 aliphatic carbocycles. The highest BCUT2D eigenvalue weighted by Gasteiger charge is 2.21. The Morgan fingerprint density at radius 2 is 1.72 bits per heavy atom. The van der Waals surface area contributed by atoms with Gasteiger partial charge in [0.2, 0.25) is 0 Å². The van der Waals surface area contributed by atoms with Crippen LogP contribution < -0.4 is 0 Å². The number of pyridine rings is 2. The summed E-state index contributed by atoms with van der Waals surface area (Å²) in [4.78, 5) is 9.56. The zero-order chi connectivity index (χ0) is 20.5. The van der Waals surface area contributed by atoms with Gasteiger partial charge < -0.3 is 9.09 Å². The Bertz CT molecular complexity index is 1130. The minimum Gasteiger partial charge on any atom is -0.361 e. The van der Waals surface area contributed by atoms with Crippen molar-refractivity contribution in [1.82, 2.24) is 19.7 Å². The zero-order valence-electron chi connectivity index (χ0n) is 18.1. The molecule has 0 aromatic carbocycles. The van der Waals surface area contributed by atoms with Gasteiger partial charge in [-0.15, -0.1) is 0 Å². The summed E-state index contributed by atoms with van der Waals surface area (Å²) in [5.74, 6) is 0.833. The summed E-state index contributed by atoms with van der Waals surface area (Å²) in [6.45, 7) is 10.6. The van der Waals surface area contributed by atoms with Gasteiger partial charge in [0.15, 0.2) is 0 Å². The molecule has 0 saturated heterocycles. The van der Waals surface area contributed by atoms with Crippen LogP contribution in [0.4, 0.5) is 0 Å². The van der Waals surface area contributed by atoms with Gasteiger partial charge in [0.1, 0.15) is 5.76 Å². The second kappa shape index (κ2) is 7.97. The van der Waals surface area contributed by atoms with Gasteiger partial charge >= 0.3 is 0 Å². The molecule has 0 atom stereocenters. The highest BCUT2D eigenvalue weighted by atomic mass is 16.5. The van der Waals surface area contributed by atoms with Crippen molar-refractivity contribution in [2.24, 2.45) is 0 Å². The van der Waals surface area contributed by atoms with Crippen molar-refractivity contribution in [3.05, 3.63) is 41.7 Å². The first kappa shape index (κ1) is 19.6. The van der Waals surface area contributed by atoms with Crippen LogP contribution in [0.15, 0.2) is 29.0 Å². The van der Waals surface area contributed by atoms with E-state index < -0.39 is 0 Å². The molecule has 29 heavy (non-hydrogen) atoms. The smallest absolute Gasteiger partial charge is 0.141 e. The lowest BCUT2D eigenvalue weighted by molar-refractivity contribution is 0.393. The van der Waals surface area contributed by atoms with Crippen molar-refractivity contribution < 1.29 is 4.52 Å². The molecule has 152 valence electrons. The SMILES string of the molecule is CCCC(CCC)n1c2cc(CC)ncc2c2ncc(-c3c(C)noc3C)cc21. The average molecular weight is 391 g/mol. The summed E-state index contributed by atoms with van der Waals surface area (Å²) < 4.78 is 7.93. The summed E-state index contributed by atoms with van der Waals surface area (Å²) in [5.41, 5.74) is 7.60. The molecule has 0 saturated carbocycles. The Hall–Kier alpha value is -2.69. The Labute approximate surface area is 172 Å². The topological polar surface area (TPSA) is 56.7 Å². The van der Waals surface area contributed by atoms with Gasteiger partial charge in [-0.1, -0.05) is 38.8 Å². The molecule has 0 amide bonds. The molecule has 5 heteroatoms. The molecular formula is C24H30N4O. The fourth-order valence-corrected chi connectivity index (χ4v) is 4.53. The Morgan fingerprint density at radius 3 is 2.34 bits per heavy atom. The fourth-order valence-electron chi connectivity index (χ4n) is 4.53. The first-order valence-electron chi connectivity index (χ1n) is 10.8. The van der Waals surface area contributed by atoms with E-state index in [1.165, 1.54) is 11.0 Å². The van der Waals surface area contributed by atoms with Crippen LogP contribution in [0.25, 0.3) is 33.1 Å². The second-order valence-electron chi connectivity index (χ2n) is 7.94. The molecule has 0 fully saturated rings. The summed E-state index contributed by atoms with van der Waals surface area (Å²) in [7, 11) is 0. The third-order valence-corrected chi connectivity index (χ3v) is 5.87. The predicted molar refractivity (Wildman–Crippen MR) is 118 cm³/mol. The lowest BCUT2D eigenvalue weighted by atomic mass is 10.0. The van der Waals surface area contributed by atoms with E-state index in [1.807, 2.05) is 26.2 Å². The van der Waals surface area contributed by atoms with E-state index in [0.717, 1.165) is 71.3 Å². The summed E-state index contributed by atoms with van der Waals surface area (Å²) in [6, 6.07) is 4.97. The molecule has 5 nitrogen and oxygen atoms in total. The first-order chi connectivity index (χ1) is 14.1. The van der Waals surface area contributed by atoms with Crippen molar-refractivity contribution in [2.75, 3.05) is 0 Å². The Balaban J connectivity index is 2.04. The van der Waals surface area contributed by atoms with E-state index in [0.29, 0.717) is 6.04 Å². The number of hydrogen-bond acceptors (Lipinski definition) is 4. The lowest BCUT2D eigenvalue weighted by Gasteiger charge is -2.20. The molecule has 4 aromatic heterocycles. The van der Waals surface area contributed by atoms with Crippen LogP contribution in [0.5, 0.6) is 0 Å². The molecule has 0 unspecified atom stereocenters. The molecular weight excluding hydrogens is 360 g/mol. The first-order valence-corrected chi connectivity index (χ1v) is 10.8. The molecule has 0 aliphatic rings. The number of fused-ring (bicyclic) bond motifs is 3. The van der Waals surface area contributed by atoms with Gasteiger partial charge in [-0.3, -0.25) is 9.97 Å². The third-order valence-electron chi connectivity index (χ3n) is 5.87. The van der Waals surface area contributed by atoms with Crippen molar-refractivity contribution >= 4 is 21.9 Å². The van der Waals surface area contributed by atoms with Crippen LogP contribution in [0.1, 0.15) is 69.6 Å². The van der Waals surface area contributed by atoms with Gasteiger partial charge in [0.25, 0.3) is 0 Å². The predicted octanol–water partition coefficient (Wildman–Crippen LogP) is 6.56. The molecule has 0 spiro atoms. The number of rotatable bonds is 7. The Morgan fingerprint density at radius 1 is 0.966 bits per heavy atom. The van der Waals surface area contributed by atoms with Crippen LogP contribution in [0.3, 0.4) is 0 Å². The average Bonchev–Trinajstić information content (AvgIpc) is 3.23. The van der Waals surface area contributed by atoms with Gasteiger partial charge in [0, 0.05) is 40.6 Å². The zero-order valence-corrected chi connectivity index (χ0v) is 18.1. The number of hydrogen-bond donors (Lipinski definition) is 0. The van der Waals surface area contributed by atoms with Crippen molar-refractivity contribution in [3.63, 3.8) is 0 Å². The summed E-state index contributed by atoms with van der Waals surface area (Å²) in [5, 5.41) is 5.27. The van der Waals surface area contributed by atoms with E-state index in [4.69, 9.17) is 9.51 Å². The van der Waals surface area contributed by atoms with Crippen molar-refractivity contribution in [3.8, 4) is 11.1 Å². The van der Waals surface area contributed by atoms with Gasteiger partial charge in [0.05, 0.1) is 22.2 Å². The van der Waals surface area contributed by atoms with E-state index >= 15 is 0 Å². The minimum absolute atomic E-state index is 0.457. The molecule has 0 bridgehead atoms. The van der Waals surface area contributed by atoms with Crippen LogP contribution in [-0.2, 0) is 6.42 Å². The van der Waals surface area contributed by atoms with E-state index in [1.54, 1.807) is 0 Å². The van der Waals surface area contributed by atoms with E-state index in [9.17, 15) is 0 Å². The van der Waals surface area contributed by atoms with Gasteiger partial charge in [-0.05, 0) is 45.2 Å². The van der Waals surface area contributed by atoms with Crippen molar-refractivity contribution in [2.45, 2.75) is 72.8 Å². The highest BCUT2D eigenvalue weighted by Crippen LogP contribution is 2.37. The van der Waals surface area contributed by atoms with Gasteiger partial charge in [-0.2, -0.15) is 0 Å². The van der Waals surface area contributed by atoms with E-state index in [-0.39, 0.29) is 0 Å². The second-order valence-corrected chi connectivity index (χ2v) is 7.94. The normalized spacial score (nSPS) is 11.9. The van der Waals surface area contributed by atoms with E-state index in [2.05, 4.69) is 47.6 Å². The molecule has 0 N–H and O–H groups in total. The highest BCUT2D eigenvalue weighted by molar-refractivity contribution is 6.06. The van der Waals surface area contributed by atoms with Crippen LogP contribution in [0, 0.1) is 13.8 Å². The van der Waals surface area contributed by atoms with Crippen molar-refractivity contribution in [1.29, 1.82) is 0 Å². The standard InChI is InChI=1S/C24H30N4O/c1-6-9-19(10-7-2)28-21-12-18(8-3)25-14-20(21)24-22(28)11-17(13-26-24)23-15(4)27-29-16(23)5/h11-14,19H,6-10H2,1-5H3. The molecule has 4 rings (SSSR count). The minimum atomic E-state index is 0.457. The number of aryl methyl sites for hydroxylation is 3. The number of nitrogens with zero attached hydrogens (tertiary/aromatic N) is 4. The third kappa shape index (κ3) is 3.33. The monoisotopic (exact) mass is 390 g/mol. The molecule has 4 heterocycles. The summed E-state index contributed by atoms with van der Waals surface area (Å²) in [6.07, 6.45) is 9.52. The maximum absolute atomic E-state index is 5.41.